The molecule has 1 aliphatic heterocycles. The number of carbonyl (C=O) groups excluding carboxylic acids is 2. The quantitative estimate of drug-likeness (QED) is 0.325. The Kier molecular flexibility index (Phi) is 7.76. The summed E-state index contributed by atoms with van der Waals surface area (Å²) in [5.41, 5.74) is 4.57. The number of amides is 2. The van der Waals surface area contributed by atoms with Gasteiger partial charge in [0.2, 0.25) is 11.8 Å². The van der Waals surface area contributed by atoms with Crippen LogP contribution < -0.4 is 15.4 Å². The van der Waals surface area contributed by atoms with E-state index in [1.54, 1.807) is 29.1 Å². The first-order valence-electron chi connectivity index (χ1n) is 12.4. The van der Waals surface area contributed by atoms with E-state index < -0.39 is 6.09 Å². The van der Waals surface area contributed by atoms with E-state index in [9.17, 15) is 9.59 Å². The molecule has 0 unspecified atom stereocenters. The normalized spacial score (nSPS) is 13.7. The number of aryl methyl sites for hydroxylation is 1. The molecule has 5 rings (SSSR count). The number of hydrogen-bond donors (Lipinski definition) is 3. The van der Waals surface area contributed by atoms with Crippen LogP contribution in [0.2, 0.25) is 0 Å². The molecule has 4 aromatic rings. The maximum Gasteiger partial charge on any atom is 0.418 e. The van der Waals surface area contributed by atoms with Crippen molar-refractivity contribution in [1.29, 1.82) is 0 Å². The fourth-order valence-corrected chi connectivity index (χ4v) is 4.14. The van der Waals surface area contributed by atoms with Gasteiger partial charge in [-0.2, -0.15) is 5.10 Å². The summed E-state index contributed by atoms with van der Waals surface area (Å²) in [6.07, 6.45) is 3.34. The van der Waals surface area contributed by atoms with E-state index in [1.165, 1.54) is 0 Å². The number of rotatable bonds is 8. The van der Waals surface area contributed by atoms with Crippen LogP contribution in [0.5, 0.6) is 5.88 Å². The van der Waals surface area contributed by atoms with Crippen LogP contribution in [0.1, 0.15) is 12.0 Å². The van der Waals surface area contributed by atoms with Crippen LogP contribution in [0.25, 0.3) is 16.9 Å². The van der Waals surface area contributed by atoms with E-state index in [0.29, 0.717) is 43.2 Å². The summed E-state index contributed by atoms with van der Waals surface area (Å²) in [4.78, 5) is 27.0. The van der Waals surface area contributed by atoms with Crippen LogP contribution in [-0.2, 0) is 9.53 Å². The lowest BCUT2D eigenvalue weighted by atomic mass is 10.1. The van der Waals surface area contributed by atoms with Gasteiger partial charge in [-0.25, -0.2) is 9.48 Å². The van der Waals surface area contributed by atoms with E-state index in [0.717, 1.165) is 29.9 Å². The molecule has 2 aromatic carbocycles. The number of hydrogen-bond acceptors (Lipinski definition) is 7. The van der Waals surface area contributed by atoms with E-state index in [2.05, 4.69) is 30.8 Å². The first-order valence-corrected chi connectivity index (χ1v) is 12.4. The third-order valence-electron chi connectivity index (χ3n) is 6.20. The van der Waals surface area contributed by atoms with E-state index in [-0.39, 0.29) is 11.8 Å². The van der Waals surface area contributed by atoms with Crippen LogP contribution in [0.15, 0.2) is 67.0 Å². The monoisotopic (exact) mass is 515 g/mol. The zero-order valence-corrected chi connectivity index (χ0v) is 21.0. The highest BCUT2D eigenvalue weighted by Crippen LogP contribution is 2.24. The molecule has 0 bridgehead atoms. The van der Waals surface area contributed by atoms with Gasteiger partial charge >= 0.3 is 6.09 Å². The van der Waals surface area contributed by atoms with Crippen molar-refractivity contribution in [3.63, 3.8) is 0 Å². The van der Waals surface area contributed by atoms with Crippen molar-refractivity contribution in [2.24, 2.45) is 0 Å². The number of morpholine rings is 1. The van der Waals surface area contributed by atoms with Gasteiger partial charge in [0, 0.05) is 55.9 Å². The second-order valence-corrected chi connectivity index (χ2v) is 8.91. The number of ether oxygens (including phenoxy) is 2. The molecule has 1 aliphatic rings. The minimum absolute atomic E-state index is 0.0543. The van der Waals surface area contributed by atoms with Gasteiger partial charge in [-0.1, -0.05) is 12.1 Å². The summed E-state index contributed by atoms with van der Waals surface area (Å²) < 4.78 is 12.5. The van der Waals surface area contributed by atoms with Crippen LogP contribution >= 0.6 is 0 Å². The van der Waals surface area contributed by atoms with Gasteiger partial charge in [-0.3, -0.25) is 20.1 Å². The molecule has 2 aromatic heterocycles. The fourth-order valence-electron chi connectivity index (χ4n) is 4.14. The van der Waals surface area contributed by atoms with Gasteiger partial charge in [-0.05, 0) is 54.4 Å². The summed E-state index contributed by atoms with van der Waals surface area (Å²) in [7, 11) is 0. The number of nitrogens with one attached hydrogen (secondary N) is 3. The molecule has 2 amide bonds. The Morgan fingerprint density at radius 2 is 1.89 bits per heavy atom. The van der Waals surface area contributed by atoms with Crippen molar-refractivity contribution >= 4 is 23.4 Å². The number of H-pyrrole nitrogens is 1. The summed E-state index contributed by atoms with van der Waals surface area (Å²) in [6, 6.07) is 16.5. The van der Waals surface area contributed by atoms with Crippen molar-refractivity contribution in [3.05, 3.63) is 72.6 Å². The highest BCUT2D eigenvalue weighted by atomic mass is 16.6. The van der Waals surface area contributed by atoms with E-state index in [4.69, 9.17) is 9.47 Å². The lowest BCUT2D eigenvalue weighted by Gasteiger charge is -2.26. The van der Waals surface area contributed by atoms with Crippen LogP contribution in [-0.4, -0.2) is 69.7 Å². The van der Waals surface area contributed by atoms with Gasteiger partial charge in [0.05, 0.1) is 24.6 Å². The molecule has 0 radical (unpaired) electrons. The molecule has 0 spiro atoms. The topological polar surface area (TPSA) is 126 Å². The molecule has 0 saturated carbocycles. The largest absolute Gasteiger partial charge is 0.418 e. The lowest BCUT2D eigenvalue weighted by molar-refractivity contribution is -0.116. The number of nitrogens with zero attached hydrogens (tertiary/aromatic N) is 4. The van der Waals surface area contributed by atoms with Crippen molar-refractivity contribution < 1.29 is 19.1 Å². The molecular formula is C27H29N7O4. The molecule has 196 valence electrons. The van der Waals surface area contributed by atoms with Gasteiger partial charge in [0.25, 0.3) is 0 Å². The Morgan fingerprint density at radius 3 is 2.63 bits per heavy atom. The Labute approximate surface area is 219 Å². The minimum Gasteiger partial charge on any atom is -0.389 e. The van der Waals surface area contributed by atoms with Crippen LogP contribution in [0.3, 0.4) is 0 Å². The third-order valence-corrected chi connectivity index (χ3v) is 6.20. The minimum atomic E-state index is -0.664. The van der Waals surface area contributed by atoms with Crippen molar-refractivity contribution in [2.75, 3.05) is 43.5 Å². The average Bonchev–Trinajstić information content (AvgIpc) is 3.63. The fraction of sp³-hybridized carbons (Fsp3) is 0.259. The smallest absolute Gasteiger partial charge is 0.389 e. The predicted octanol–water partition coefficient (Wildman–Crippen LogP) is 3.84. The molecular weight excluding hydrogens is 486 g/mol. The number of anilines is 2. The zero-order valence-electron chi connectivity index (χ0n) is 21.0. The second-order valence-electron chi connectivity index (χ2n) is 8.91. The van der Waals surface area contributed by atoms with E-state index >= 15 is 0 Å². The Balaban J connectivity index is 1.12. The summed E-state index contributed by atoms with van der Waals surface area (Å²) in [5, 5.41) is 16.8. The maximum absolute atomic E-state index is 12.5. The SMILES string of the molecule is Cc1cc(NC(=O)CCN2CCOCC2)ccc1NC(=O)Oc1cc(-c2ccc(-n3cccn3)cc2)[nH]n1. The molecule has 3 N–H and O–H groups in total. The Bertz CT molecular complexity index is 1380. The standard InChI is InChI=1S/C27H29N7O4/c1-19-17-21(29-25(35)9-12-33-13-15-37-16-14-33)5-8-23(19)30-27(36)38-26-18-24(31-32-26)20-3-6-22(7-4-20)34-11-2-10-28-34/h2-8,10-11,17-18H,9,12-16H2,1H3,(H,29,35)(H,30,36)(H,31,32). The highest BCUT2D eigenvalue weighted by molar-refractivity contribution is 5.92. The van der Waals surface area contributed by atoms with E-state index in [1.807, 2.05) is 49.5 Å². The number of benzene rings is 2. The molecule has 1 fully saturated rings. The van der Waals surface area contributed by atoms with Gasteiger partial charge in [-0.15, -0.1) is 5.10 Å². The third kappa shape index (κ3) is 6.44. The molecule has 0 aliphatic carbocycles. The van der Waals surface area contributed by atoms with Gasteiger partial charge in [0.1, 0.15) is 0 Å². The summed E-state index contributed by atoms with van der Waals surface area (Å²) >= 11 is 0. The second kappa shape index (κ2) is 11.7. The molecule has 0 atom stereocenters. The molecule has 1 saturated heterocycles. The average molecular weight is 516 g/mol. The molecule has 11 nitrogen and oxygen atoms in total. The highest BCUT2D eigenvalue weighted by Gasteiger charge is 2.14. The lowest BCUT2D eigenvalue weighted by Crippen LogP contribution is -2.38. The van der Waals surface area contributed by atoms with Gasteiger partial charge in [0.15, 0.2) is 0 Å². The number of carbonyl (C=O) groups is 2. The first kappa shape index (κ1) is 25.2. The summed E-state index contributed by atoms with van der Waals surface area (Å²) in [5.74, 6) is 0.0943. The molecule has 38 heavy (non-hydrogen) atoms. The number of aromatic nitrogens is 4. The van der Waals surface area contributed by atoms with Gasteiger partial charge < -0.3 is 14.8 Å². The Hall–Kier alpha value is -4.48. The Morgan fingerprint density at radius 1 is 1.08 bits per heavy atom. The van der Waals surface area contributed by atoms with Crippen molar-refractivity contribution in [1.82, 2.24) is 24.9 Å². The molecule has 11 heteroatoms. The van der Waals surface area contributed by atoms with Crippen LogP contribution in [0.4, 0.5) is 16.2 Å². The zero-order chi connectivity index (χ0) is 26.3. The van der Waals surface area contributed by atoms with Crippen molar-refractivity contribution in [2.45, 2.75) is 13.3 Å². The first-order chi connectivity index (χ1) is 18.5. The predicted molar refractivity (Wildman–Crippen MR) is 142 cm³/mol. The molecule has 3 heterocycles. The number of aromatic amines is 1. The maximum atomic E-state index is 12.5. The van der Waals surface area contributed by atoms with Crippen molar-refractivity contribution in [3.8, 4) is 22.8 Å². The van der Waals surface area contributed by atoms with Crippen LogP contribution in [0, 0.1) is 6.92 Å². The summed E-state index contributed by atoms with van der Waals surface area (Å²) in [6.45, 7) is 5.66.